The summed E-state index contributed by atoms with van der Waals surface area (Å²) < 4.78 is 1.91. The molecule has 5 nitrogen and oxygen atoms in total. The summed E-state index contributed by atoms with van der Waals surface area (Å²) in [4.78, 5) is 23.1. The molecule has 0 unspecified atom stereocenters. The molecule has 0 fully saturated rings. The number of rotatable bonds is 5. The van der Waals surface area contributed by atoms with Crippen molar-refractivity contribution in [2.75, 3.05) is 0 Å². The van der Waals surface area contributed by atoms with Gasteiger partial charge < -0.3 is 15.0 Å². The average molecular weight is 288 g/mol. The highest BCUT2D eigenvalue weighted by Gasteiger charge is 2.23. The van der Waals surface area contributed by atoms with Crippen LogP contribution in [0.4, 0.5) is 0 Å². The fraction of sp³-hybridized carbons (Fsp3) is 0.375. The van der Waals surface area contributed by atoms with Gasteiger partial charge in [0.1, 0.15) is 0 Å². The molecule has 21 heavy (non-hydrogen) atoms. The first-order valence-electron chi connectivity index (χ1n) is 6.88. The molecule has 0 radical (unpaired) electrons. The minimum atomic E-state index is -0.859. The van der Waals surface area contributed by atoms with E-state index in [0.717, 1.165) is 10.9 Å². The van der Waals surface area contributed by atoms with Gasteiger partial charge >= 0.3 is 5.97 Å². The van der Waals surface area contributed by atoms with Crippen LogP contribution < -0.4 is 5.32 Å². The maximum absolute atomic E-state index is 12.5. The molecule has 0 aliphatic carbocycles. The van der Waals surface area contributed by atoms with Gasteiger partial charge in [-0.05, 0) is 26.3 Å². The quantitative estimate of drug-likeness (QED) is 0.888. The number of para-hydroxylation sites is 1. The van der Waals surface area contributed by atoms with Crippen molar-refractivity contribution < 1.29 is 14.7 Å². The maximum atomic E-state index is 12.5. The van der Waals surface area contributed by atoms with E-state index in [4.69, 9.17) is 5.11 Å². The number of carboxylic acid groups (broad SMARTS) is 1. The summed E-state index contributed by atoms with van der Waals surface area (Å²) in [5, 5.41) is 12.6. The van der Waals surface area contributed by atoms with Crippen LogP contribution in [-0.4, -0.2) is 27.1 Å². The molecule has 0 saturated carbocycles. The molecule has 1 heterocycles. The average Bonchev–Trinajstić information content (AvgIpc) is 2.74. The van der Waals surface area contributed by atoms with Crippen molar-refractivity contribution in [1.82, 2.24) is 9.88 Å². The lowest BCUT2D eigenvalue weighted by Gasteiger charge is -2.25. The molecule has 1 aromatic heterocycles. The van der Waals surface area contributed by atoms with Crippen molar-refractivity contribution >= 4 is 22.8 Å². The third-order valence-electron chi connectivity index (χ3n) is 3.56. The van der Waals surface area contributed by atoms with Crippen LogP contribution in [-0.2, 0) is 11.8 Å². The lowest BCUT2D eigenvalue weighted by atomic mass is 9.97. The van der Waals surface area contributed by atoms with E-state index in [-0.39, 0.29) is 12.3 Å². The SMILES string of the molecule is Cn1cc(C(=O)NC(C)(C)CCC(=O)O)c2ccccc21. The number of hydrogen-bond donors (Lipinski definition) is 2. The lowest BCUT2D eigenvalue weighted by Crippen LogP contribution is -2.43. The summed E-state index contributed by atoms with van der Waals surface area (Å²) in [6.07, 6.45) is 2.22. The second-order valence-electron chi connectivity index (χ2n) is 5.90. The van der Waals surface area contributed by atoms with Gasteiger partial charge in [-0.2, -0.15) is 0 Å². The first-order chi connectivity index (χ1) is 9.80. The van der Waals surface area contributed by atoms with Crippen LogP contribution in [0.3, 0.4) is 0 Å². The highest BCUT2D eigenvalue weighted by molar-refractivity contribution is 6.07. The van der Waals surface area contributed by atoms with Crippen LogP contribution >= 0.6 is 0 Å². The van der Waals surface area contributed by atoms with Crippen LogP contribution in [0.25, 0.3) is 10.9 Å². The molecule has 0 atom stereocenters. The normalized spacial score (nSPS) is 11.6. The Kier molecular flexibility index (Phi) is 4.02. The molecule has 0 bridgehead atoms. The zero-order chi connectivity index (χ0) is 15.6. The number of benzene rings is 1. The standard InChI is InChI=1S/C16H20N2O3/c1-16(2,9-8-14(19)20)17-15(21)12-10-18(3)13-7-5-4-6-11(12)13/h4-7,10H,8-9H2,1-3H3,(H,17,21)(H,19,20). The number of carbonyl (C=O) groups excluding carboxylic acids is 1. The molecule has 0 spiro atoms. The van der Waals surface area contributed by atoms with Crippen LogP contribution in [0, 0.1) is 0 Å². The molecule has 0 saturated heterocycles. The van der Waals surface area contributed by atoms with Gasteiger partial charge in [0.25, 0.3) is 5.91 Å². The van der Waals surface area contributed by atoms with Gasteiger partial charge in [0.15, 0.2) is 0 Å². The molecule has 1 amide bonds. The van der Waals surface area contributed by atoms with E-state index in [1.165, 1.54) is 0 Å². The van der Waals surface area contributed by atoms with E-state index >= 15 is 0 Å². The Balaban J connectivity index is 2.21. The largest absolute Gasteiger partial charge is 0.481 e. The minimum Gasteiger partial charge on any atom is -0.481 e. The Hall–Kier alpha value is -2.30. The smallest absolute Gasteiger partial charge is 0.303 e. The highest BCUT2D eigenvalue weighted by atomic mass is 16.4. The number of aliphatic carboxylic acids is 1. The zero-order valence-electron chi connectivity index (χ0n) is 12.5. The second-order valence-corrected chi connectivity index (χ2v) is 5.90. The van der Waals surface area contributed by atoms with Crippen LogP contribution in [0.1, 0.15) is 37.0 Å². The number of carboxylic acids is 1. The van der Waals surface area contributed by atoms with Crippen LogP contribution in [0.2, 0.25) is 0 Å². The van der Waals surface area contributed by atoms with Gasteiger partial charge in [-0.3, -0.25) is 9.59 Å². The number of aryl methyl sites for hydroxylation is 1. The first-order valence-corrected chi connectivity index (χ1v) is 6.88. The number of amides is 1. The third-order valence-corrected chi connectivity index (χ3v) is 3.56. The molecule has 112 valence electrons. The molecule has 2 rings (SSSR count). The molecule has 2 N–H and O–H groups in total. The van der Waals surface area contributed by atoms with Gasteiger partial charge in [-0.25, -0.2) is 0 Å². The molecular formula is C16H20N2O3. The van der Waals surface area contributed by atoms with E-state index in [9.17, 15) is 9.59 Å². The Morgan fingerprint density at radius 2 is 1.95 bits per heavy atom. The Labute approximate surface area is 123 Å². The topological polar surface area (TPSA) is 71.3 Å². The fourth-order valence-corrected chi connectivity index (χ4v) is 2.38. The van der Waals surface area contributed by atoms with Crippen LogP contribution in [0.15, 0.2) is 30.5 Å². The summed E-state index contributed by atoms with van der Waals surface area (Å²) in [7, 11) is 1.90. The third kappa shape index (κ3) is 3.42. The van der Waals surface area contributed by atoms with Crippen molar-refractivity contribution in [3.63, 3.8) is 0 Å². The van der Waals surface area contributed by atoms with Gasteiger partial charge in [-0.15, -0.1) is 0 Å². The van der Waals surface area contributed by atoms with Gasteiger partial charge in [0, 0.05) is 36.1 Å². The van der Waals surface area contributed by atoms with Gasteiger partial charge in [-0.1, -0.05) is 18.2 Å². The molecule has 5 heteroatoms. The van der Waals surface area contributed by atoms with Crippen molar-refractivity contribution in [3.8, 4) is 0 Å². The van der Waals surface area contributed by atoms with Crippen molar-refractivity contribution in [2.24, 2.45) is 7.05 Å². The number of fused-ring (bicyclic) bond motifs is 1. The van der Waals surface area contributed by atoms with Gasteiger partial charge in [0.2, 0.25) is 0 Å². The summed E-state index contributed by atoms with van der Waals surface area (Å²) in [6.45, 7) is 3.66. The summed E-state index contributed by atoms with van der Waals surface area (Å²) >= 11 is 0. The fourth-order valence-electron chi connectivity index (χ4n) is 2.38. The van der Waals surface area contributed by atoms with Crippen molar-refractivity contribution in [3.05, 3.63) is 36.0 Å². The summed E-state index contributed by atoms with van der Waals surface area (Å²) in [6, 6.07) is 7.70. The first kappa shape index (κ1) is 15.1. The molecule has 1 aromatic carbocycles. The Morgan fingerprint density at radius 3 is 2.62 bits per heavy atom. The van der Waals surface area contributed by atoms with E-state index in [2.05, 4.69) is 5.32 Å². The summed E-state index contributed by atoms with van der Waals surface area (Å²) in [5.74, 6) is -1.04. The number of nitrogens with zero attached hydrogens (tertiary/aromatic N) is 1. The van der Waals surface area contributed by atoms with Gasteiger partial charge in [0.05, 0.1) is 5.56 Å². The highest BCUT2D eigenvalue weighted by Crippen LogP contribution is 2.21. The van der Waals surface area contributed by atoms with E-state index in [1.807, 2.05) is 49.7 Å². The van der Waals surface area contributed by atoms with E-state index in [1.54, 1.807) is 6.20 Å². The Morgan fingerprint density at radius 1 is 1.29 bits per heavy atom. The second kappa shape index (κ2) is 5.60. The molecule has 2 aromatic rings. The van der Waals surface area contributed by atoms with Crippen LogP contribution in [0.5, 0.6) is 0 Å². The van der Waals surface area contributed by atoms with E-state index < -0.39 is 11.5 Å². The molecular weight excluding hydrogens is 268 g/mol. The van der Waals surface area contributed by atoms with E-state index in [0.29, 0.717) is 12.0 Å². The predicted octanol–water partition coefficient (Wildman–Crippen LogP) is 2.55. The zero-order valence-corrected chi connectivity index (χ0v) is 12.5. The van der Waals surface area contributed by atoms with Crippen molar-refractivity contribution in [1.29, 1.82) is 0 Å². The maximum Gasteiger partial charge on any atom is 0.303 e. The molecule has 0 aliphatic rings. The lowest BCUT2D eigenvalue weighted by molar-refractivity contribution is -0.137. The number of carbonyl (C=O) groups is 2. The van der Waals surface area contributed by atoms with Crippen molar-refractivity contribution in [2.45, 2.75) is 32.2 Å². The minimum absolute atomic E-state index is 0.0306. The number of aromatic nitrogens is 1. The summed E-state index contributed by atoms with van der Waals surface area (Å²) in [5.41, 5.74) is 1.04. The number of nitrogens with one attached hydrogen (secondary N) is 1. The molecule has 0 aliphatic heterocycles. The Bertz CT molecular complexity index is 686. The monoisotopic (exact) mass is 288 g/mol. The number of hydrogen-bond acceptors (Lipinski definition) is 2. The predicted molar refractivity (Wildman–Crippen MR) is 81.3 cm³/mol.